The summed E-state index contributed by atoms with van der Waals surface area (Å²) in [5, 5.41) is 0. The van der Waals surface area contributed by atoms with Gasteiger partial charge in [-0.05, 0) is 37.1 Å². The predicted molar refractivity (Wildman–Crippen MR) is 119 cm³/mol. The molecule has 5 rings (SSSR count). The Kier molecular flexibility index (Phi) is 5.16. The molecule has 1 saturated heterocycles. The Labute approximate surface area is 183 Å². The zero-order chi connectivity index (χ0) is 21.5. The van der Waals surface area contributed by atoms with E-state index in [1.165, 1.54) is 6.20 Å². The molecule has 162 valence electrons. The molecule has 0 radical (unpaired) electrons. The lowest BCUT2D eigenvalue weighted by atomic mass is 9.84. The number of hydrogen-bond donors (Lipinski definition) is 0. The van der Waals surface area contributed by atoms with Crippen molar-refractivity contribution in [1.82, 2.24) is 23.7 Å². The number of likely N-dealkylation sites (N-methyl/N-ethyl adjacent to an activating group) is 1. The molecule has 1 fully saturated rings. The Morgan fingerprint density at radius 1 is 0.968 bits per heavy atom. The van der Waals surface area contributed by atoms with E-state index < -0.39 is 10.0 Å². The van der Waals surface area contributed by atoms with Crippen LogP contribution in [0.3, 0.4) is 0 Å². The second-order valence-electron chi connectivity index (χ2n) is 8.19. The summed E-state index contributed by atoms with van der Waals surface area (Å²) in [6.45, 7) is 5.88. The summed E-state index contributed by atoms with van der Waals surface area (Å²) in [6, 6.07) is 13.6. The highest BCUT2D eigenvalue weighted by Crippen LogP contribution is 2.43. The van der Waals surface area contributed by atoms with Crippen LogP contribution in [0.15, 0.2) is 66.0 Å². The summed E-state index contributed by atoms with van der Waals surface area (Å²) >= 11 is 0. The minimum atomic E-state index is -3.53. The Balaban J connectivity index is 1.47. The van der Waals surface area contributed by atoms with E-state index in [0.717, 1.165) is 49.6 Å². The number of aromatic nitrogens is 3. The van der Waals surface area contributed by atoms with Crippen LogP contribution >= 0.6 is 0 Å². The van der Waals surface area contributed by atoms with Gasteiger partial charge in [0.25, 0.3) is 0 Å². The van der Waals surface area contributed by atoms with Crippen LogP contribution in [0.1, 0.15) is 25.6 Å². The van der Waals surface area contributed by atoms with Crippen LogP contribution in [-0.2, 0) is 22.1 Å². The number of sulfonamides is 1. The van der Waals surface area contributed by atoms with Gasteiger partial charge in [0.1, 0.15) is 10.7 Å². The zero-order valence-corrected chi connectivity index (χ0v) is 18.5. The summed E-state index contributed by atoms with van der Waals surface area (Å²) in [5.74, 6) is 1.07. The maximum atomic E-state index is 13.1. The van der Waals surface area contributed by atoms with Gasteiger partial charge in [-0.3, -0.25) is 9.88 Å². The average Bonchev–Trinajstić information content (AvgIpc) is 3.26. The smallest absolute Gasteiger partial charge is 0.244 e. The number of rotatable bonds is 4. The highest BCUT2D eigenvalue weighted by atomic mass is 32.2. The number of pyridine rings is 1. The molecule has 7 nitrogen and oxygen atoms in total. The Hall–Kier alpha value is -2.55. The SMILES string of the molecule is CCN1CCn2c(-c3ccccc3)cnc2C12CCN(S(=O)(=O)c1cccnc1)CC2. The van der Waals surface area contributed by atoms with E-state index in [1.54, 1.807) is 22.6 Å². The van der Waals surface area contributed by atoms with Crippen molar-refractivity contribution in [3.63, 3.8) is 0 Å². The minimum Gasteiger partial charge on any atom is -0.325 e. The van der Waals surface area contributed by atoms with Crippen molar-refractivity contribution in [3.8, 4) is 11.3 Å². The average molecular weight is 438 g/mol. The fourth-order valence-electron chi connectivity index (χ4n) is 5.13. The summed E-state index contributed by atoms with van der Waals surface area (Å²) < 4.78 is 30.1. The van der Waals surface area contributed by atoms with E-state index in [9.17, 15) is 8.42 Å². The molecule has 1 spiro atoms. The molecular formula is C23H27N5O2S. The third-order valence-electron chi connectivity index (χ3n) is 6.74. The predicted octanol–water partition coefficient (Wildman–Crippen LogP) is 2.96. The van der Waals surface area contributed by atoms with E-state index in [4.69, 9.17) is 4.98 Å². The highest BCUT2D eigenvalue weighted by molar-refractivity contribution is 7.89. The molecular weight excluding hydrogens is 410 g/mol. The highest BCUT2D eigenvalue weighted by Gasteiger charge is 2.48. The summed E-state index contributed by atoms with van der Waals surface area (Å²) in [4.78, 5) is 11.6. The summed E-state index contributed by atoms with van der Waals surface area (Å²) in [6.07, 6.45) is 6.45. The molecule has 2 aliphatic heterocycles. The fourth-order valence-corrected chi connectivity index (χ4v) is 6.54. The summed E-state index contributed by atoms with van der Waals surface area (Å²) in [5.41, 5.74) is 2.06. The van der Waals surface area contributed by atoms with Gasteiger partial charge >= 0.3 is 0 Å². The zero-order valence-electron chi connectivity index (χ0n) is 17.7. The molecule has 0 N–H and O–H groups in total. The number of benzene rings is 1. The largest absolute Gasteiger partial charge is 0.325 e. The van der Waals surface area contributed by atoms with Gasteiger partial charge in [-0.25, -0.2) is 13.4 Å². The normalized spacial score (nSPS) is 19.4. The number of imidazole rings is 1. The van der Waals surface area contributed by atoms with Crippen molar-refractivity contribution in [2.45, 2.75) is 36.7 Å². The number of nitrogens with zero attached hydrogens (tertiary/aromatic N) is 5. The van der Waals surface area contributed by atoms with Crippen molar-refractivity contribution < 1.29 is 8.42 Å². The van der Waals surface area contributed by atoms with Crippen LogP contribution in [0.5, 0.6) is 0 Å². The second kappa shape index (κ2) is 7.85. The molecule has 0 saturated carbocycles. The lowest BCUT2D eigenvalue weighted by molar-refractivity contribution is 0.0100. The molecule has 2 aromatic heterocycles. The van der Waals surface area contributed by atoms with Crippen LogP contribution < -0.4 is 0 Å². The third-order valence-corrected chi connectivity index (χ3v) is 8.63. The van der Waals surface area contributed by atoms with Gasteiger partial charge in [0, 0.05) is 38.6 Å². The standard InChI is InChI=1S/C23H27N5O2S/c1-2-26-15-16-28-21(19-7-4-3-5-8-19)18-25-22(28)23(26)10-13-27(14-11-23)31(29,30)20-9-6-12-24-17-20/h3-9,12,17-18H,2,10-11,13-16H2,1H3. The van der Waals surface area contributed by atoms with Gasteiger partial charge in [-0.15, -0.1) is 0 Å². The Morgan fingerprint density at radius 3 is 2.42 bits per heavy atom. The Bertz CT molecular complexity index is 1150. The van der Waals surface area contributed by atoms with E-state index in [0.29, 0.717) is 13.1 Å². The van der Waals surface area contributed by atoms with E-state index in [-0.39, 0.29) is 10.4 Å². The molecule has 0 bridgehead atoms. The monoisotopic (exact) mass is 437 g/mol. The van der Waals surface area contributed by atoms with Gasteiger partial charge in [0.05, 0.1) is 17.4 Å². The minimum absolute atomic E-state index is 0.235. The lowest BCUT2D eigenvalue weighted by Gasteiger charge is -2.50. The van der Waals surface area contributed by atoms with Gasteiger partial charge < -0.3 is 4.57 Å². The first-order valence-corrected chi connectivity index (χ1v) is 12.3. The van der Waals surface area contributed by atoms with Gasteiger partial charge in [-0.1, -0.05) is 37.3 Å². The first-order valence-electron chi connectivity index (χ1n) is 10.8. The van der Waals surface area contributed by atoms with Gasteiger partial charge in [0.15, 0.2) is 0 Å². The molecule has 0 unspecified atom stereocenters. The Morgan fingerprint density at radius 2 is 1.74 bits per heavy atom. The molecule has 4 heterocycles. The van der Waals surface area contributed by atoms with Crippen LogP contribution in [0.2, 0.25) is 0 Å². The van der Waals surface area contributed by atoms with Crippen molar-refractivity contribution in [3.05, 3.63) is 66.9 Å². The molecule has 3 aromatic rings. The van der Waals surface area contributed by atoms with Crippen molar-refractivity contribution in [1.29, 1.82) is 0 Å². The lowest BCUT2D eigenvalue weighted by Crippen LogP contribution is -2.58. The topological polar surface area (TPSA) is 71.3 Å². The maximum Gasteiger partial charge on any atom is 0.244 e. The molecule has 1 aromatic carbocycles. The maximum absolute atomic E-state index is 13.1. The third kappa shape index (κ3) is 3.30. The first-order chi connectivity index (χ1) is 15.1. The van der Waals surface area contributed by atoms with Crippen molar-refractivity contribution in [2.75, 3.05) is 26.2 Å². The number of hydrogen-bond acceptors (Lipinski definition) is 5. The molecule has 0 amide bonds. The molecule has 2 aliphatic rings. The molecule has 31 heavy (non-hydrogen) atoms. The second-order valence-corrected chi connectivity index (χ2v) is 10.1. The summed E-state index contributed by atoms with van der Waals surface area (Å²) in [7, 11) is -3.53. The van der Waals surface area contributed by atoms with Gasteiger partial charge in [-0.2, -0.15) is 4.31 Å². The number of piperidine rings is 1. The first kappa shape index (κ1) is 20.4. The van der Waals surface area contributed by atoms with E-state index in [2.05, 4.69) is 33.5 Å². The number of fused-ring (bicyclic) bond motifs is 2. The molecule has 0 aliphatic carbocycles. The van der Waals surface area contributed by atoms with E-state index in [1.807, 2.05) is 24.4 Å². The molecule has 8 heteroatoms. The van der Waals surface area contributed by atoms with Crippen LogP contribution in [0.25, 0.3) is 11.3 Å². The van der Waals surface area contributed by atoms with Crippen LogP contribution in [0.4, 0.5) is 0 Å². The van der Waals surface area contributed by atoms with Crippen LogP contribution in [-0.4, -0.2) is 58.3 Å². The van der Waals surface area contributed by atoms with E-state index >= 15 is 0 Å². The molecule has 0 atom stereocenters. The quantitative estimate of drug-likeness (QED) is 0.628. The van der Waals surface area contributed by atoms with Crippen LogP contribution in [0, 0.1) is 0 Å². The fraction of sp³-hybridized carbons (Fsp3) is 0.391. The van der Waals surface area contributed by atoms with Gasteiger partial charge in [0.2, 0.25) is 10.0 Å². The van der Waals surface area contributed by atoms with Crippen molar-refractivity contribution >= 4 is 10.0 Å². The van der Waals surface area contributed by atoms with Crippen molar-refractivity contribution in [2.24, 2.45) is 0 Å².